The van der Waals surface area contributed by atoms with Crippen molar-refractivity contribution < 1.29 is 17.6 Å². The van der Waals surface area contributed by atoms with Crippen LogP contribution in [0.2, 0.25) is 0 Å². The Bertz CT molecular complexity index is 1460. The van der Waals surface area contributed by atoms with E-state index in [2.05, 4.69) is 15.1 Å². The number of aryl methyl sites for hydroxylation is 1. The summed E-state index contributed by atoms with van der Waals surface area (Å²) in [5, 5.41) is 7.59. The van der Waals surface area contributed by atoms with Gasteiger partial charge in [-0.2, -0.15) is 5.10 Å². The minimum atomic E-state index is -3.42. The van der Waals surface area contributed by atoms with E-state index in [-0.39, 0.29) is 11.7 Å². The van der Waals surface area contributed by atoms with Crippen molar-refractivity contribution in [2.24, 2.45) is 0 Å². The number of nitrogens with zero attached hydrogens (tertiary/aromatic N) is 2. The van der Waals surface area contributed by atoms with Crippen LogP contribution in [0.1, 0.15) is 34.5 Å². The minimum absolute atomic E-state index is 0.345. The summed E-state index contributed by atoms with van der Waals surface area (Å²) in [4.78, 5) is 13.4. The lowest BCUT2D eigenvalue weighted by molar-refractivity contribution is 0.0940. The van der Waals surface area contributed by atoms with E-state index >= 15 is 0 Å². The first-order valence-electron chi connectivity index (χ1n) is 10.9. The average Bonchev–Trinajstić information content (AvgIpc) is 3.25. The number of carbonyl (C=O) groups excluding carboxylic acids is 1. The van der Waals surface area contributed by atoms with Crippen LogP contribution in [0.15, 0.2) is 79.0 Å². The Labute approximate surface area is 203 Å². The summed E-state index contributed by atoms with van der Waals surface area (Å²) >= 11 is 0. The fraction of sp³-hybridized carbons (Fsp3) is 0.154. The van der Waals surface area contributed by atoms with E-state index in [1.165, 1.54) is 12.1 Å². The third-order valence-electron chi connectivity index (χ3n) is 5.41. The molecule has 35 heavy (non-hydrogen) atoms. The lowest BCUT2D eigenvalue weighted by atomic mass is 10.0. The van der Waals surface area contributed by atoms with E-state index in [1.807, 2.05) is 38.1 Å². The van der Waals surface area contributed by atoms with Crippen molar-refractivity contribution in [1.29, 1.82) is 0 Å². The zero-order chi connectivity index (χ0) is 25.2. The third-order valence-corrected chi connectivity index (χ3v) is 6.02. The molecule has 0 radical (unpaired) electrons. The van der Waals surface area contributed by atoms with Crippen molar-refractivity contribution in [3.63, 3.8) is 0 Å². The molecular weight excluding hydrogens is 467 g/mol. The van der Waals surface area contributed by atoms with Crippen LogP contribution < -0.4 is 10.0 Å². The van der Waals surface area contributed by atoms with Crippen molar-refractivity contribution >= 4 is 21.6 Å². The molecule has 1 atom stereocenters. The molecule has 0 bridgehead atoms. The Morgan fingerprint density at radius 3 is 2.37 bits per heavy atom. The molecule has 9 heteroatoms. The molecule has 1 amide bonds. The topological polar surface area (TPSA) is 93.1 Å². The zero-order valence-corrected chi connectivity index (χ0v) is 20.3. The highest BCUT2D eigenvalue weighted by Gasteiger charge is 2.21. The lowest BCUT2D eigenvalue weighted by Gasteiger charge is -2.15. The van der Waals surface area contributed by atoms with Crippen molar-refractivity contribution in [3.05, 3.63) is 102 Å². The summed E-state index contributed by atoms with van der Waals surface area (Å²) < 4.78 is 40.5. The predicted molar refractivity (Wildman–Crippen MR) is 134 cm³/mol. The summed E-state index contributed by atoms with van der Waals surface area (Å²) in [7, 11) is -3.42. The molecule has 2 N–H and O–H groups in total. The number of sulfonamides is 1. The zero-order valence-electron chi connectivity index (χ0n) is 19.5. The number of hydrogen-bond acceptors (Lipinski definition) is 4. The standard InChI is InChI=1S/C26H25FN4O3S/c1-17-7-9-19(10-8-17)25-24(16-31(29-25)23-13-11-21(27)12-14-23)26(32)28-18(2)20-5-4-6-22(15-20)30-35(3,33)34/h4-16,18,30H,1-3H3,(H,28,32). The number of nitrogens with one attached hydrogen (secondary N) is 2. The second kappa shape index (κ2) is 9.71. The number of hydrogen-bond donors (Lipinski definition) is 2. The number of amides is 1. The van der Waals surface area contributed by atoms with Gasteiger partial charge in [-0.3, -0.25) is 9.52 Å². The normalized spacial score (nSPS) is 12.2. The fourth-order valence-corrected chi connectivity index (χ4v) is 4.19. The smallest absolute Gasteiger partial charge is 0.255 e. The van der Waals surface area contributed by atoms with E-state index in [4.69, 9.17) is 0 Å². The van der Waals surface area contributed by atoms with Crippen molar-refractivity contribution in [3.8, 4) is 16.9 Å². The summed E-state index contributed by atoms with van der Waals surface area (Å²) in [6.45, 7) is 3.79. The SMILES string of the molecule is Cc1ccc(-c2nn(-c3ccc(F)cc3)cc2C(=O)NC(C)c2cccc(NS(C)(=O)=O)c2)cc1. The summed E-state index contributed by atoms with van der Waals surface area (Å²) in [6, 6.07) is 20.0. The third kappa shape index (κ3) is 5.93. The number of anilines is 1. The van der Waals surface area contributed by atoms with Gasteiger partial charge in [0.1, 0.15) is 11.5 Å². The Morgan fingerprint density at radius 1 is 1.03 bits per heavy atom. The van der Waals surface area contributed by atoms with Crippen LogP contribution >= 0.6 is 0 Å². The Hall–Kier alpha value is -3.98. The molecule has 0 aliphatic rings. The Balaban J connectivity index is 1.66. The molecule has 0 saturated carbocycles. The summed E-state index contributed by atoms with van der Waals surface area (Å²) in [6.07, 6.45) is 2.70. The number of rotatable bonds is 7. The average molecular weight is 493 g/mol. The Morgan fingerprint density at radius 2 is 1.71 bits per heavy atom. The van der Waals surface area contributed by atoms with Gasteiger partial charge < -0.3 is 5.32 Å². The van der Waals surface area contributed by atoms with E-state index in [0.29, 0.717) is 22.6 Å². The number of carbonyl (C=O) groups is 1. The van der Waals surface area contributed by atoms with Gasteiger partial charge >= 0.3 is 0 Å². The monoisotopic (exact) mass is 492 g/mol. The molecule has 3 aromatic carbocycles. The maximum atomic E-state index is 13.4. The van der Waals surface area contributed by atoms with E-state index < -0.39 is 16.1 Å². The van der Waals surface area contributed by atoms with Crippen LogP contribution in [0.5, 0.6) is 0 Å². The van der Waals surface area contributed by atoms with E-state index in [9.17, 15) is 17.6 Å². The molecule has 1 heterocycles. The molecule has 0 spiro atoms. The second-order valence-corrected chi connectivity index (χ2v) is 10.1. The Kier molecular flexibility index (Phi) is 6.70. The molecular formula is C26H25FN4O3S. The van der Waals surface area contributed by atoms with E-state index in [1.54, 1.807) is 47.3 Å². The van der Waals surface area contributed by atoms with Gasteiger partial charge in [-0.1, -0.05) is 42.0 Å². The fourth-order valence-electron chi connectivity index (χ4n) is 3.63. The van der Waals surface area contributed by atoms with Crippen LogP contribution in [0.4, 0.5) is 10.1 Å². The minimum Gasteiger partial charge on any atom is -0.345 e. The summed E-state index contributed by atoms with van der Waals surface area (Å²) in [5.41, 5.74) is 4.46. The number of benzene rings is 3. The van der Waals surface area contributed by atoms with Crippen molar-refractivity contribution in [2.75, 3.05) is 11.0 Å². The molecule has 180 valence electrons. The van der Waals surface area contributed by atoms with Gasteiger partial charge in [-0.05, 0) is 55.8 Å². The van der Waals surface area contributed by atoms with E-state index in [0.717, 1.165) is 22.9 Å². The van der Waals surface area contributed by atoms with Crippen LogP contribution in [-0.4, -0.2) is 30.4 Å². The first-order valence-corrected chi connectivity index (χ1v) is 12.8. The molecule has 7 nitrogen and oxygen atoms in total. The molecule has 1 unspecified atom stereocenters. The molecule has 4 rings (SSSR count). The van der Waals surface area contributed by atoms with Crippen LogP contribution in [0, 0.1) is 12.7 Å². The molecule has 0 aliphatic heterocycles. The van der Waals surface area contributed by atoms with Crippen LogP contribution in [0.25, 0.3) is 16.9 Å². The van der Waals surface area contributed by atoms with Gasteiger partial charge in [0.25, 0.3) is 5.91 Å². The second-order valence-electron chi connectivity index (χ2n) is 8.37. The number of halogens is 1. The predicted octanol–water partition coefficient (Wildman–Crippen LogP) is 4.85. The molecule has 1 aromatic heterocycles. The van der Waals surface area contributed by atoms with Crippen molar-refractivity contribution in [1.82, 2.24) is 15.1 Å². The molecule has 4 aromatic rings. The highest BCUT2D eigenvalue weighted by atomic mass is 32.2. The molecule has 0 aliphatic carbocycles. The summed E-state index contributed by atoms with van der Waals surface area (Å²) in [5.74, 6) is -0.707. The molecule has 0 saturated heterocycles. The maximum absolute atomic E-state index is 13.4. The highest BCUT2D eigenvalue weighted by molar-refractivity contribution is 7.92. The molecule has 0 fully saturated rings. The maximum Gasteiger partial charge on any atom is 0.255 e. The van der Waals surface area contributed by atoms with Crippen LogP contribution in [-0.2, 0) is 10.0 Å². The lowest BCUT2D eigenvalue weighted by Crippen LogP contribution is -2.27. The van der Waals surface area contributed by atoms with Gasteiger partial charge in [0.15, 0.2) is 0 Å². The highest BCUT2D eigenvalue weighted by Crippen LogP contribution is 2.26. The van der Waals surface area contributed by atoms with Gasteiger partial charge in [0.2, 0.25) is 10.0 Å². The quantitative estimate of drug-likeness (QED) is 0.386. The number of aromatic nitrogens is 2. The largest absolute Gasteiger partial charge is 0.345 e. The van der Waals surface area contributed by atoms with Gasteiger partial charge in [-0.15, -0.1) is 0 Å². The van der Waals surface area contributed by atoms with Gasteiger partial charge in [0, 0.05) is 17.4 Å². The van der Waals surface area contributed by atoms with Gasteiger partial charge in [0.05, 0.1) is 23.5 Å². The van der Waals surface area contributed by atoms with Crippen molar-refractivity contribution in [2.45, 2.75) is 19.9 Å². The first-order chi connectivity index (χ1) is 16.6. The van der Waals surface area contributed by atoms with Gasteiger partial charge in [-0.25, -0.2) is 17.5 Å². The van der Waals surface area contributed by atoms with Crippen LogP contribution in [0.3, 0.4) is 0 Å². The first kappa shape index (κ1) is 24.2.